The van der Waals surface area contributed by atoms with Gasteiger partial charge in [-0.1, -0.05) is 30.3 Å². The van der Waals surface area contributed by atoms with Gasteiger partial charge in [-0.05, 0) is 30.9 Å². The second-order valence-electron chi connectivity index (χ2n) is 4.99. The van der Waals surface area contributed by atoms with Crippen LogP contribution in [0.4, 0.5) is 0 Å². The zero-order valence-electron chi connectivity index (χ0n) is 8.89. The van der Waals surface area contributed by atoms with Gasteiger partial charge in [-0.15, -0.1) is 0 Å². The molecule has 1 aromatic rings. The smallest absolute Gasteiger partial charge is 0.0807 e. The summed E-state index contributed by atoms with van der Waals surface area (Å²) in [6.07, 6.45) is 2.20. The second kappa shape index (κ2) is 3.32. The van der Waals surface area contributed by atoms with Crippen molar-refractivity contribution in [2.24, 2.45) is 5.92 Å². The van der Waals surface area contributed by atoms with Crippen LogP contribution in [-0.4, -0.2) is 28.7 Å². The molecule has 1 N–H and O–H groups in total. The van der Waals surface area contributed by atoms with Crippen molar-refractivity contribution in [3.63, 3.8) is 0 Å². The fourth-order valence-electron chi connectivity index (χ4n) is 2.71. The Labute approximate surface area is 90.5 Å². The quantitative estimate of drug-likeness (QED) is 0.790. The van der Waals surface area contributed by atoms with Crippen LogP contribution in [0.1, 0.15) is 18.4 Å². The molecule has 1 aromatic carbocycles. The molecule has 2 atom stereocenters. The highest BCUT2D eigenvalue weighted by atomic mass is 16.3. The van der Waals surface area contributed by atoms with Gasteiger partial charge in [0.25, 0.3) is 0 Å². The molecule has 1 aliphatic carbocycles. The third-order valence-electron chi connectivity index (χ3n) is 3.74. The van der Waals surface area contributed by atoms with E-state index in [9.17, 15) is 5.11 Å². The lowest BCUT2D eigenvalue weighted by Gasteiger charge is -2.29. The molecule has 1 heterocycles. The van der Waals surface area contributed by atoms with E-state index in [0.29, 0.717) is 5.92 Å². The number of rotatable bonds is 2. The number of β-amino-alcohol motifs (C(OH)–C–C–N with tert-alkyl or cyclic N) is 1. The Bertz CT molecular complexity index is 351. The third-order valence-corrected chi connectivity index (χ3v) is 3.74. The Morgan fingerprint density at radius 2 is 2.13 bits per heavy atom. The van der Waals surface area contributed by atoms with E-state index in [1.54, 1.807) is 0 Å². The van der Waals surface area contributed by atoms with Crippen LogP contribution in [0.2, 0.25) is 0 Å². The third kappa shape index (κ3) is 1.80. The highest BCUT2D eigenvalue weighted by Crippen LogP contribution is 2.49. The fraction of sp³-hybridized carbons (Fsp3) is 0.538. The van der Waals surface area contributed by atoms with Crippen LogP contribution in [0.5, 0.6) is 0 Å². The summed E-state index contributed by atoms with van der Waals surface area (Å²) in [6.45, 7) is 2.99. The van der Waals surface area contributed by atoms with Gasteiger partial charge in [0.15, 0.2) is 0 Å². The highest BCUT2D eigenvalue weighted by Gasteiger charge is 2.55. The largest absolute Gasteiger partial charge is 0.388 e. The van der Waals surface area contributed by atoms with E-state index in [-0.39, 0.29) is 5.60 Å². The molecule has 1 saturated carbocycles. The van der Waals surface area contributed by atoms with Crippen LogP contribution >= 0.6 is 0 Å². The SMILES string of the molecule is OC12CC1CCN(Cc1ccccc1)C2. The first-order valence-electron chi connectivity index (χ1n) is 5.75. The molecule has 2 heteroatoms. The maximum Gasteiger partial charge on any atom is 0.0807 e. The van der Waals surface area contributed by atoms with Gasteiger partial charge in [0.05, 0.1) is 5.60 Å². The van der Waals surface area contributed by atoms with Crippen molar-refractivity contribution in [3.8, 4) is 0 Å². The highest BCUT2D eigenvalue weighted by molar-refractivity contribution is 5.16. The lowest BCUT2D eigenvalue weighted by atomic mass is 10.1. The van der Waals surface area contributed by atoms with Crippen molar-refractivity contribution in [3.05, 3.63) is 35.9 Å². The molecule has 2 nitrogen and oxygen atoms in total. The minimum absolute atomic E-state index is 0.326. The van der Waals surface area contributed by atoms with E-state index in [0.717, 1.165) is 26.1 Å². The van der Waals surface area contributed by atoms with E-state index >= 15 is 0 Å². The Balaban J connectivity index is 1.64. The average molecular weight is 203 g/mol. The summed E-state index contributed by atoms with van der Waals surface area (Å²) in [4.78, 5) is 2.37. The molecule has 1 saturated heterocycles. The predicted molar refractivity (Wildman–Crippen MR) is 59.4 cm³/mol. The number of hydrogen-bond acceptors (Lipinski definition) is 2. The van der Waals surface area contributed by atoms with Gasteiger partial charge in [0.1, 0.15) is 0 Å². The molecular weight excluding hydrogens is 186 g/mol. The lowest BCUT2D eigenvalue weighted by Crippen LogP contribution is -2.39. The number of piperidine rings is 1. The van der Waals surface area contributed by atoms with Crippen molar-refractivity contribution < 1.29 is 5.11 Å². The summed E-state index contributed by atoms with van der Waals surface area (Å²) in [6, 6.07) is 10.5. The Kier molecular flexibility index (Phi) is 2.08. The number of benzene rings is 1. The zero-order valence-corrected chi connectivity index (χ0v) is 8.89. The molecule has 2 unspecified atom stereocenters. The zero-order chi connectivity index (χ0) is 10.3. The van der Waals surface area contributed by atoms with Gasteiger partial charge in [-0.2, -0.15) is 0 Å². The second-order valence-corrected chi connectivity index (χ2v) is 4.99. The Morgan fingerprint density at radius 1 is 1.33 bits per heavy atom. The molecule has 0 spiro atoms. The maximum absolute atomic E-state index is 10.1. The van der Waals surface area contributed by atoms with Crippen molar-refractivity contribution >= 4 is 0 Å². The topological polar surface area (TPSA) is 23.5 Å². The summed E-state index contributed by atoms with van der Waals surface area (Å²) in [7, 11) is 0. The maximum atomic E-state index is 10.1. The van der Waals surface area contributed by atoms with Gasteiger partial charge in [0.2, 0.25) is 0 Å². The minimum atomic E-state index is -0.326. The first kappa shape index (κ1) is 9.37. The first-order valence-corrected chi connectivity index (χ1v) is 5.75. The summed E-state index contributed by atoms with van der Waals surface area (Å²) in [5, 5.41) is 10.1. The van der Waals surface area contributed by atoms with E-state index in [4.69, 9.17) is 0 Å². The first-order chi connectivity index (χ1) is 7.26. The van der Waals surface area contributed by atoms with Gasteiger partial charge >= 0.3 is 0 Å². The molecule has 2 aliphatic rings. The van der Waals surface area contributed by atoms with Crippen LogP contribution < -0.4 is 0 Å². The Hall–Kier alpha value is -0.860. The molecule has 1 aliphatic heterocycles. The molecule has 0 aromatic heterocycles. The van der Waals surface area contributed by atoms with Crippen molar-refractivity contribution in [2.75, 3.05) is 13.1 Å². The monoisotopic (exact) mass is 203 g/mol. The van der Waals surface area contributed by atoms with Gasteiger partial charge < -0.3 is 5.11 Å². The van der Waals surface area contributed by atoms with Crippen LogP contribution in [0.25, 0.3) is 0 Å². The van der Waals surface area contributed by atoms with Crippen molar-refractivity contribution in [1.82, 2.24) is 4.90 Å². The number of likely N-dealkylation sites (tertiary alicyclic amines) is 1. The standard InChI is InChI=1S/C13H17NO/c15-13-8-12(13)6-7-14(10-13)9-11-4-2-1-3-5-11/h1-5,12,15H,6-10H2. The number of aliphatic hydroxyl groups is 1. The van der Waals surface area contributed by atoms with E-state index < -0.39 is 0 Å². The molecular formula is C13H17NO. The predicted octanol–water partition coefficient (Wildman–Crippen LogP) is 1.64. The van der Waals surface area contributed by atoms with E-state index in [1.165, 1.54) is 12.0 Å². The van der Waals surface area contributed by atoms with Gasteiger partial charge in [-0.3, -0.25) is 4.90 Å². The molecule has 0 amide bonds. The molecule has 15 heavy (non-hydrogen) atoms. The van der Waals surface area contributed by atoms with Gasteiger partial charge in [0, 0.05) is 13.1 Å². The summed E-state index contributed by atoms with van der Waals surface area (Å²) >= 11 is 0. The van der Waals surface area contributed by atoms with Crippen molar-refractivity contribution in [2.45, 2.75) is 25.0 Å². The number of fused-ring (bicyclic) bond motifs is 1. The van der Waals surface area contributed by atoms with E-state index in [2.05, 4.69) is 29.2 Å². The molecule has 2 fully saturated rings. The summed E-state index contributed by atoms with van der Waals surface area (Å²) in [5.41, 5.74) is 1.02. The van der Waals surface area contributed by atoms with E-state index in [1.807, 2.05) is 6.07 Å². The van der Waals surface area contributed by atoms with Gasteiger partial charge in [-0.25, -0.2) is 0 Å². The van der Waals surface area contributed by atoms with Crippen LogP contribution in [0.3, 0.4) is 0 Å². The lowest BCUT2D eigenvalue weighted by molar-refractivity contribution is 0.0468. The van der Waals surface area contributed by atoms with Crippen LogP contribution in [0, 0.1) is 5.92 Å². The molecule has 80 valence electrons. The number of nitrogens with zero attached hydrogens (tertiary/aromatic N) is 1. The molecule has 3 rings (SSSR count). The average Bonchev–Trinajstić information content (AvgIpc) is 2.90. The van der Waals surface area contributed by atoms with Crippen LogP contribution in [0.15, 0.2) is 30.3 Å². The van der Waals surface area contributed by atoms with Crippen LogP contribution in [-0.2, 0) is 6.54 Å². The number of hydrogen-bond donors (Lipinski definition) is 1. The van der Waals surface area contributed by atoms with Crippen molar-refractivity contribution in [1.29, 1.82) is 0 Å². The minimum Gasteiger partial charge on any atom is -0.388 e. The molecule has 0 radical (unpaired) electrons. The Morgan fingerprint density at radius 3 is 2.87 bits per heavy atom. The summed E-state index contributed by atoms with van der Waals surface area (Å²) < 4.78 is 0. The fourth-order valence-corrected chi connectivity index (χ4v) is 2.71. The normalized spacial score (nSPS) is 34.9. The summed E-state index contributed by atoms with van der Waals surface area (Å²) in [5.74, 6) is 0.601. The molecule has 0 bridgehead atoms.